The molecule has 0 saturated carbocycles. The predicted molar refractivity (Wildman–Crippen MR) is 104 cm³/mol. The molecule has 2 aromatic rings. The van der Waals surface area contributed by atoms with Gasteiger partial charge in [0.25, 0.3) is 5.91 Å². The highest BCUT2D eigenvalue weighted by molar-refractivity contribution is 6.03. The molecule has 7 nitrogen and oxygen atoms in total. The molecule has 146 valence electrons. The topological polar surface area (TPSA) is 68.8 Å². The first-order valence-electron chi connectivity index (χ1n) is 9.28. The molecule has 1 N–H and O–H groups in total. The van der Waals surface area contributed by atoms with Gasteiger partial charge in [-0.25, -0.2) is 9.37 Å². The fourth-order valence-electron chi connectivity index (χ4n) is 3.51. The third-order valence-corrected chi connectivity index (χ3v) is 5.24. The van der Waals surface area contributed by atoms with Crippen LogP contribution in [0, 0.1) is 5.82 Å². The van der Waals surface area contributed by atoms with E-state index in [0.717, 1.165) is 25.2 Å². The van der Waals surface area contributed by atoms with Crippen LogP contribution >= 0.6 is 0 Å². The highest BCUT2D eigenvalue weighted by Gasteiger charge is 2.26. The Morgan fingerprint density at radius 2 is 1.89 bits per heavy atom. The van der Waals surface area contributed by atoms with E-state index in [4.69, 9.17) is 0 Å². The lowest BCUT2D eigenvalue weighted by atomic mass is 10.1. The summed E-state index contributed by atoms with van der Waals surface area (Å²) in [4.78, 5) is 34.6. The van der Waals surface area contributed by atoms with Gasteiger partial charge in [-0.05, 0) is 23.8 Å². The van der Waals surface area contributed by atoms with Crippen LogP contribution in [0.4, 0.5) is 15.9 Å². The van der Waals surface area contributed by atoms with Crippen molar-refractivity contribution in [3.8, 4) is 0 Å². The molecule has 0 unspecified atom stereocenters. The second kappa shape index (κ2) is 7.55. The first-order chi connectivity index (χ1) is 13.5. The van der Waals surface area contributed by atoms with Gasteiger partial charge in [0.05, 0.1) is 17.8 Å². The van der Waals surface area contributed by atoms with Crippen LogP contribution in [-0.4, -0.2) is 66.4 Å². The van der Waals surface area contributed by atoms with Gasteiger partial charge >= 0.3 is 0 Å². The maximum atomic E-state index is 13.0. The number of fused-ring (bicyclic) bond motifs is 1. The molecule has 2 aliphatic rings. The van der Waals surface area contributed by atoms with Crippen molar-refractivity contribution < 1.29 is 14.0 Å². The summed E-state index contributed by atoms with van der Waals surface area (Å²) in [6, 6.07) is 8.23. The van der Waals surface area contributed by atoms with Crippen LogP contribution in [0.15, 0.2) is 36.5 Å². The molecule has 28 heavy (non-hydrogen) atoms. The standard InChI is InChI=1S/C20H22FN5O2/c1-24-17-10-15(11-22-19(17)23-12-18(24)27)20(28)26-8-6-25(7-9-26)13-14-2-4-16(21)5-3-14/h2-5,10-11H,6-9,12-13H2,1H3,(H,22,23). The second-order valence-electron chi connectivity index (χ2n) is 7.09. The van der Waals surface area contributed by atoms with Gasteiger partial charge < -0.3 is 15.1 Å². The number of nitrogens with zero attached hydrogens (tertiary/aromatic N) is 4. The summed E-state index contributed by atoms with van der Waals surface area (Å²) >= 11 is 0. The molecule has 1 fully saturated rings. The van der Waals surface area contributed by atoms with E-state index in [0.29, 0.717) is 30.2 Å². The van der Waals surface area contributed by atoms with Crippen LogP contribution in [0.25, 0.3) is 0 Å². The van der Waals surface area contributed by atoms with Crippen LogP contribution in [-0.2, 0) is 11.3 Å². The summed E-state index contributed by atoms with van der Waals surface area (Å²) in [5.74, 6) is 0.236. The minimum Gasteiger partial charge on any atom is -0.359 e. The number of rotatable bonds is 3. The normalized spacial score (nSPS) is 17.3. The maximum absolute atomic E-state index is 13.0. The van der Waals surface area contributed by atoms with Gasteiger partial charge in [-0.1, -0.05) is 12.1 Å². The van der Waals surface area contributed by atoms with Crippen molar-refractivity contribution in [2.75, 3.05) is 50.0 Å². The van der Waals surface area contributed by atoms with Crippen LogP contribution in [0.3, 0.4) is 0 Å². The Bertz CT molecular complexity index is 894. The van der Waals surface area contributed by atoms with Crippen LogP contribution < -0.4 is 10.2 Å². The van der Waals surface area contributed by atoms with Crippen molar-refractivity contribution in [3.63, 3.8) is 0 Å². The molecule has 0 radical (unpaired) electrons. The van der Waals surface area contributed by atoms with Crippen molar-refractivity contribution in [1.82, 2.24) is 14.8 Å². The Balaban J connectivity index is 1.39. The lowest BCUT2D eigenvalue weighted by molar-refractivity contribution is -0.116. The molecule has 0 spiro atoms. The zero-order valence-corrected chi connectivity index (χ0v) is 15.7. The third-order valence-electron chi connectivity index (χ3n) is 5.24. The number of carbonyl (C=O) groups is 2. The van der Waals surface area contributed by atoms with Crippen molar-refractivity contribution in [2.24, 2.45) is 0 Å². The zero-order valence-electron chi connectivity index (χ0n) is 15.7. The van der Waals surface area contributed by atoms with Gasteiger partial charge in [0.2, 0.25) is 5.91 Å². The minimum atomic E-state index is -0.236. The van der Waals surface area contributed by atoms with E-state index in [1.165, 1.54) is 17.0 Å². The Morgan fingerprint density at radius 3 is 2.61 bits per heavy atom. The summed E-state index contributed by atoms with van der Waals surface area (Å²) in [6.45, 7) is 3.68. The summed E-state index contributed by atoms with van der Waals surface area (Å²) in [5, 5.41) is 2.96. The van der Waals surface area contributed by atoms with E-state index in [2.05, 4.69) is 15.2 Å². The molecule has 1 saturated heterocycles. The van der Waals surface area contributed by atoms with Crippen molar-refractivity contribution in [3.05, 3.63) is 53.5 Å². The maximum Gasteiger partial charge on any atom is 0.255 e. The first-order valence-corrected chi connectivity index (χ1v) is 9.28. The number of likely N-dealkylation sites (N-methyl/N-ethyl adjacent to an activating group) is 1. The molecule has 4 rings (SSSR count). The molecule has 0 atom stereocenters. The number of aromatic nitrogens is 1. The van der Waals surface area contributed by atoms with E-state index >= 15 is 0 Å². The SMILES string of the molecule is CN1C(=O)CNc2ncc(C(=O)N3CCN(Cc4ccc(F)cc4)CC3)cc21. The summed E-state index contributed by atoms with van der Waals surface area (Å²) in [7, 11) is 1.69. The Kier molecular flexibility index (Phi) is 4.95. The fourth-order valence-corrected chi connectivity index (χ4v) is 3.51. The number of nitrogens with one attached hydrogen (secondary N) is 1. The molecule has 2 aliphatic heterocycles. The minimum absolute atomic E-state index is 0.0618. The Morgan fingerprint density at radius 1 is 1.18 bits per heavy atom. The van der Waals surface area contributed by atoms with Gasteiger partial charge in [0.1, 0.15) is 11.6 Å². The molecular weight excluding hydrogens is 361 g/mol. The van der Waals surface area contributed by atoms with Crippen molar-refractivity contribution in [1.29, 1.82) is 0 Å². The number of anilines is 2. The number of hydrogen-bond donors (Lipinski definition) is 1. The smallest absolute Gasteiger partial charge is 0.255 e. The number of hydrogen-bond acceptors (Lipinski definition) is 5. The lowest BCUT2D eigenvalue weighted by Gasteiger charge is -2.35. The van der Waals surface area contributed by atoms with Crippen molar-refractivity contribution in [2.45, 2.75) is 6.54 Å². The number of carbonyl (C=O) groups excluding carboxylic acids is 2. The molecular formula is C20H22FN5O2. The van der Waals surface area contributed by atoms with Crippen LogP contribution in [0.2, 0.25) is 0 Å². The number of benzene rings is 1. The molecule has 3 heterocycles. The average molecular weight is 383 g/mol. The van der Waals surface area contributed by atoms with E-state index in [9.17, 15) is 14.0 Å². The summed E-state index contributed by atoms with van der Waals surface area (Å²) < 4.78 is 13.0. The highest BCUT2D eigenvalue weighted by atomic mass is 19.1. The Hall–Kier alpha value is -3.00. The zero-order chi connectivity index (χ0) is 19.7. The van der Waals surface area contributed by atoms with E-state index in [1.807, 2.05) is 4.90 Å². The quantitative estimate of drug-likeness (QED) is 0.871. The van der Waals surface area contributed by atoms with E-state index in [1.54, 1.807) is 31.4 Å². The molecule has 1 aromatic carbocycles. The van der Waals surface area contributed by atoms with Crippen LogP contribution in [0.5, 0.6) is 0 Å². The molecule has 1 aromatic heterocycles. The predicted octanol–water partition coefficient (Wildman–Crippen LogP) is 1.57. The van der Waals surface area contributed by atoms with E-state index in [-0.39, 0.29) is 24.2 Å². The number of piperazine rings is 1. The first kappa shape index (κ1) is 18.4. The van der Waals surface area contributed by atoms with E-state index < -0.39 is 0 Å². The van der Waals surface area contributed by atoms with Gasteiger partial charge in [-0.3, -0.25) is 14.5 Å². The lowest BCUT2D eigenvalue weighted by Crippen LogP contribution is -2.48. The third kappa shape index (κ3) is 3.68. The molecule has 8 heteroatoms. The molecule has 0 aliphatic carbocycles. The largest absolute Gasteiger partial charge is 0.359 e. The molecule has 2 amide bonds. The van der Waals surface area contributed by atoms with Gasteiger partial charge in [-0.15, -0.1) is 0 Å². The monoisotopic (exact) mass is 383 g/mol. The Labute approximate surface area is 162 Å². The van der Waals surface area contributed by atoms with Gasteiger partial charge in [0, 0.05) is 46.0 Å². The van der Waals surface area contributed by atoms with Crippen LogP contribution in [0.1, 0.15) is 15.9 Å². The number of halogens is 1. The summed E-state index contributed by atoms with van der Waals surface area (Å²) in [5.41, 5.74) is 2.16. The average Bonchev–Trinajstić information content (AvgIpc) is 2.72. The van der Waals surface area contributed by atoms with Crippen molar-refractivity contribution >= 4 is 23.3 Å². The van der Waals surface area contributed by atoms with Gasteiger partial charge in [-0.2, -0.15) is 0 Å². The second-order valence-corrected chi connectivity index (χ2v) is 7.09. The highest BCUT2D eigenvalue weighted by Crippen LogP contribution is 2.27. The number of pyridine rings is 1. The summed E-state index contributed by atoms with van der Waals surface area (Å²) in [6.07, 6.45) is 1.56. The number of amides is 2. The van der Waals surface area contributed by atoms with Gasteiger partial charge in [0.15, 0.2) is 0 Å². The molecule has 0 bridgehead atoms. The fraction of sp³-hybridized carbons (Fsp3) is 0.350.